The summed E-state index contributed by atoms with van der Waals surface area (Å²) in [6, 6.07) is 1.38. The first-order valence-corrected chi connectivity index (χ1v) is 3.40. The van der Waals surface area contributed by atoms with Gasteiger partial charge < -0.3 is 10.4 Å². The highest BCUT2D eigenvalue weighted by Crippen LogP contribution is 2.04. The van der Waals surface area contributed by atoms with E-state index in [4.69, 9.17) is 5.11 Å². The van der Waals surface area contributed by atoms with Crippen LogP contribution in [0.1, 0.15) is 16.3 Å². The van der Waals surface area contributed by atoms with Crippen LogP contribution in [0.3, 0.4) is 0 Å². The summed E-state index contributed by atoms with van der Waals surface area (Å²) in [6.07, 6.45) is 0. The predicted octanol–water partition coefficient (Wildman–Crippen LogP) is 0.525. The summed E-state index contributed by atoms with van der Waals surface area (Å²) in [6.45, 7) is 1.65. The summed E-state index contributed by atoms with van der Waals surface area (Å²) < 4.78 is 0. The maximum atomic E-state index is 10.5. The van der Waals surface area contributed by atoms with E-state index in [-0.39, 0.29) is 5.69 Å². The van der Waals surface area contributed by atoms with Gasteiger partial charge in [-0.15, -0.1) is 0 Å². The highest BCUT2D eigenvalue weighted by Gasteiger charge is 2.06. The summed E-state index contributed by atoms with van der Waals surface area (Å²) in [5.41, 5.74) is 0.00634. The zero-order valence-corrected chi connectivity index (χ0v) is 6.83. The number of rotatable bonds is 2. The molecule has 1 aromatic rings. The zero-order valence-electron chi connectivity index (χ0n) is 6.83. The van der Waals surface area contributed by atoms with E-state index >= 15 is 0 Å². The zero-order chi connectivity index (χ0) is 9.14. The Balaban J connectivity index is 3.15. The molecule has 0 aliphatic rings. The van der Waals surface area contributed by atoms with Crippen LogP contribution in [0.2, 0.25) is 0 Å². The van der Waals surface area contributed by atoms with Crippen molar-refractivity contribution in [2.75, 3.05) is 12.4 Å². The molecule has 0 radical (unpaired) electrons. The predicted molar refractivity (Wildman–Crippen MR) is 43.3 cm³/mol. The van der Waals surface area contributed by atoms with Crippen molar-refractivity contribution in [2.24, 2.45) is 0 Å². The molecule has 1 rings (SSSR count). The van der Waals surface area contributed by atoms with E-state index in [1.807, 2.05) is 0 Å². The second-order valence-electron chi connectivity index (χ2n) is 2.24. The van der Waals surface area contributed by atoms with E-state index in [0.29, 0.717) is 11.6 Å². The van der Waals surface area contributed by atoms with Gasteiger partial charge in [0.05, 0.1) is 0 Å². The van der Waals surface area contributed by atoms with Crippen molar-refractivity contribution in [3.05, 3.63) is 17.6 Å². The molecule has 0 fully saturated rings. The molecule has 0 aliphatic heterocycles. The van der Waals surface area contributed by atoms with Crippen LogP contribution in [0.15, 0.2) is 6.07 Å². The molecule has 0 unspecified atom stereocenters. The average Bonchev–Trinajstić information content (AvgIpc) is 2.03. The molecule has 12 heavy (non-hydrogen) atoms. The Bertz CT molecular complexity index is 312. The van der Waals surface area contributed by atoms with Gasteiger partial charge in [-0.25, -0.2) is 14.8 Å². The Morgan fingerprint density at radius 2 is 2.25 bits per heavy atom. The fourth-order valence-electron chi connectivity index (χ4n) is 0.805. The summed E-state index contributed by atoms with van der Waals surface area (Å²) in [7, 11) is 1.67. The standard InChI is InChI=1S/C7H9N3O2/c1-4-9-5(7(11)12)3-6(8-2)10-4/h3H,1-2H3,(H,11,12)(H,8,9,10). The largest absolute Gasteiger partial charge is 0.477 e. The number of carboxylic acid groups (broad SMARTS) is 1. The summed E-state index contributed by atoms with van der Waals surface area (Å²) in [4.78, 5) is 18.2. The molecule has 5 nitrogen and oxygen atoms in total. The van der Waals surface area contributed by atoms with Crippen LogP contribution in [0.5, 0.6) is 0 Å². The van der Waals surface area contributed by atoms with E-state index < -0.39 is 5.97 Å². The number of carboxylic acids is 1. The van der Waals surface area contributed by atoms with Crippen molar-refractivity contribution in [2.45, 2.75) is 6.92 Å². The molecule has 0 saturated carbocycles. The van der Waals surface area contributed by atoms with Gasteiger partial charge in [0.1, 0.15) is 11.6 Å². The van der Waals surface area contributed by atoms with Crippen LogP contribution in [-0.2, 0) is 0 Å². The first-order chi connectivity index (χ1) is 5.63. The molecule has 0 aliphatic carbocycles. The number of aryl methyl sites for hydroxylation is 1. The molecule has 1 aromatic heterocycles. The molecule has 0 atom stereocenters. The van der Waals surface area contributed by atoms with Gasteiger partial charge in [0.25, 0.3) is 0 Å². The van der Waals surface area contributed by atoms with Crippen molar-refractivity contribution in [3.8, 4) is 0 Å². The van der Waals surface area contributed by atoms with Crippen molar-refractivity contribution in [1.82, 2.24) is 9.97 Å². The number of nitrogens with one attached hydrogen (secondary N) is 1. The van der Waals surface area contributed by atoms with Crippen molar-refractivity contribution in [1.29, 1.82) is 0 Å². The molecule has 5 heteroatoms. The van der Waals surface area contributed by atoms with Crippen LogP contribution < -0.4 is 5.32 Å². The molecule has 64 valence electrons. The Labute approximate surface area is 69.5 Å². The molecule has 0 bridgehead atoms. The summed E-state index contributed by atoms with van der Waals surface area (Å²) >= 11 is 0. The Hall–Kier alpha value is -1.65. The number of anilines is 1. The molecule has 0 saturated heterocycles. The van der Waals surface area contributed by atoms with Crippen LogP contribution in [-0.4, -0.2) is 28.1 Å². The first-order valence-electron chi connectivity index (χ1n) is 3.40. The van der Waals surface area contributed by atoms with E-state index in [1.165, 1.54) is 6.07 Å². The van der Waals surface area contributed by atoms with Crippen molar-refractivity contribution in [3.63, 3.8) is 0 Å². The lowest BCUT2D eigenvalue weighted by Gasteiger charge is -2.01. The third-order valence-electron chi connectivity index (χ3n) is 1.31. The topological polar surface area (TPSA) is 75.1 Å². The van der Waals surface area contributed by atoms with Gasteiger partial charge in [0, 0.05) is 13.1 Å². The number of hydrogen-bond donors (Lipinski definition) is 2. The van der Waals surface area contributed by atoms with Crippen LogP contribution in [0.25, 0.3) is 0 Å². The monoisotopic (exact) mass is 167 g/mol. The SMILES string of the molecule is CNc1cc(C(=O)O)nc(C)n1. The van der Waals surface area contributed by atoms with E-state index in [2.05, 4.69) is 15.3 Å². The molecule has 2 N–H and O–H groups in total. The van der Waals surface area contributed by atoms with Gasteiger partial charge in [-0.2, -0.15) is 0 Å². The third kappa shape index (κ3) is 1.69. The van der Waals surface area contributed by atoms with Gasteiger partial charge in [0.2, 0.25) is 0 Å². The highest BCUT2D eigenvalue weighted by molar-refractivity contribution is 5.86. The quantitative estimate of drug-likeness (QED) is 0.671. The van der Waals surface area contributed by atoms with Crippen LogP contribution in [0, 0.1) is 6.92 Å². The second-order valence-corrected chi connectivity index (χ2v) is 2.24. The number of carbonyl (C=O) groups is 1. The van der Waals surface area contributed by atoms with E-state index in [1.54, 1.807) is 14.0 Å². The van der Waals surface area contributed by atoms with E-state index in [0.717, 1.165) is 0 Å². The molecule has 1 heterocycles. The Morgan fingerprint density at radius 3 is 2.75 bits per heavy atom. The third-order valence-corrected chi connectivity index (χ3v) is 1.31. The number of hydrogen-bond acceptors (Lipinski definition) is 4. The Kier molecular flexibility index (Phi) is 2.23. The highest BCUT2D eigenvalue weighted by atomic mass is 16.4. The van der Waals surface area contributed by atoms with Gasteiger partial charge in [-0.1, -0.05) is 0 Å². The fraction of sp³-hybridized carbons (Fsp3) is 0.286. The van der Waals surface area contributed by atoms with Gasteiger partial charge >= 0.3 is 5.97 Å². The summed E-state index contributed by atoms with van der Waals surface area (Å²) in [5.74, 6) is -0.0869. The number of aromatic carboxylic acids is 1. The van der Waals surface area contributed by atoms with Gasteiger partial charge in [-0.3, -0.25) is 0 Å². The lowest BCUT2D eigenvalue weighted by molar-refractivity contribution is 0.0690. The number of nitrogens with zero attached hydrogens (tertiary/aromatic N) is 2. The van der Waals surface area contributed by atoms with Crippen molar-refractivity contribution >= 4 is 11.8 Å². The summed E-state index contributed by atoms with van der Waals surface area (Å²) in [5, 5.41) is 11.4. The number of aromatic nitrogens is 2. The average molecular weight is 167 g/mol. The lowest BCUT2D eigenvalue weighted by Crippen LogP contribution is -2.05. The minimum absolute atomic E-state index is 0.00634. The minimum atomic E-state index is -1.04. The first kappa shape index (κ1) is 8.45. The maximum Gasteiger partial charge on any atom is 0.354 e. The van der Waals surface area contributed by atoms with Crippen LogP contribution in [0.4, 0.5) is 5.82 Å². The molecule has 0 amide bonds. The normalized spacial score (nSPS) is 9.50. The van der Waals surface area contributed by atoms with Gasteiger partial charge in [0.15, 0.2) is 5.69 Å². The fourth-order valence-corrected chi connectivity index (χ4v) is 0.805. The van der Waals surface area contributed by atoms with E-state index in [9.17, 15) is 4.79 Å². The lowest BCUT2D eigenvalue weighted by atomic mass is 10.4. The molecular weight excluding hydrogens is 158 g/mol. The van der Waals surface area contributed by atoms with Crippen molar-refractivity contribution < 1.29 is 9.90 Å². The molecular formula is C7H9N3O2. The van der Waals surface area contributed by atoms with Crippen LogP contribution >= 0.6 is 0 Å². The maximum absolute atomic E-state index is 10.5. The van der Waals surface area contributed by atoms with Gasteiger partial charge in [-0.05, 0) is 6.92 Å². The minimum Gasteiger partial charge on any atom is -0.477 e. The Morgan fingerprint density at radius 1 is 1.58 bits per heavy atom. The second kappa shape index (κ2) is 3.17. The molecule has 0 spiro atoms. The smallest absolute Gasteiger partial charge is 0.354 e. The molecule has 0 aromatic carbocycles.